The van der Waals surface area contributed by atoms with Crippen molar-refractivity contribution in [1.82, 2.24) is 5.43 Å². The predicted octanol–water partition coefficient (Wildman–Crippen LogP) is 2.83. The van der Waals surface area contributed by atoms with E-state index in [9.17, 15) is 20.0 Å². The number of benzene rings is 2. The van der Waals surface area contributed by atoms with Crippen LogP contribution >= 0.6 is 15.9 Å². The maximum absolute atomic E-state index is 11.8. The van der Waals surface area contributed by atoms with Crippen LogP contribution in [0.2, 0.25) is 0 Å². The summed E-state index contributed by atoms with van der Waals surface area (Å²) < 4.78 is 0.747. The third-order valence-corrected chi connectivity index (χ3v) is 3.17. The van der Waals surface area contributed by atoms with Gasteiger partial charge in [0.25, 0.3) is 11.6 Å². The summed E-state index contributed by atoms with van der Waals surface area (Å²) in [5.74, 6) is -0.578. The number of carbonyl (C=O) groups excluding carboxylic acids is 1. The number of hydrogen-bond acceptors (Lipinski definition) is 5. The maximum Gasteiger partial charge on any atom is 0.271 e. The molecule has 1 amide bonds. The molecule has 112 valence electrons. The lowest BCUT2D eigenvalue weighted by molar-refractivity contribution is -0.384. The van der Waals surface area contributed by atoms with Crippen LogP contribution in [0.25, 0.3) is 0 Å². The predicted molar refractivity (Wildman–Crippen MR) is 84.0 cm³/mol. The first-order valence-corrected chi connectivity index (χ1v) is 6.83. The second kappa shape index (κ2) is 6.81. The Hall–Kier alpha value is -2.74. The van der Waals surface area contributed by atoms with Gasteiger partial charge in [-0.1, -0.05) is 22.0 Å². The molecule has 22 heavy (non-hydrogen) atoms. The zero-order chi connectivity index (χ0) is 16.1. The van der Waals surface area contributed by atoms with Gasteiger partial charge >= 0.3 is 0 Å². The molecule has 2 rings (SSSR count). The van der Waals surface area contributed by atoms with Crippen molar-refractivity contribution in [2.75, 3.05) is 0 Å². The quantitative estimate of drug-likeness (QED) is 0.494. The van der Waals surface area contributed by atoms with E-state index in [1.807, 2.05) is 0 Å². The molecule has 7 nitrogen and oxygen atoms in total. The van der Waals surface area contributed by atoms with Crippen molar-refractivity contribution in [2.24, 2.45) is 5.10 Å². The summed E-state index contributed by atoms with van der Waals surface area (Å²) in [6.07, 6.45) is 1.27. The van der Waals surface area contributed by atoms with E-state index in [4.69, 9.17) is 0 Å². The Labute approximate surface area is 133 Å². The highest BCUT2D eigenvalue weighted by atomic mass is 79.9. The highest BCUT2D eigenvalue weighted by Crippen LogP contribution is 2.20. The van der Waals surface area contributed by atoms with Crippen molar-refractivity contribution in [3.8, 4) is 5.75 Å². The largest absolute Gasteiger partial charge is 0.507 e. The number of phenolic OH excluding ortho intramolecular Hbond substituents is 1. The molecule has 0 saturated carbocycles. The Morgan fingerprint density at radius 3 is 2.82 bits per heavy atom. The molecule has 0 unspecified atom stereocenters. The Morgan fingerprint density at radius 1 is 1.32 bits per heavy atom. The van der Waals surface area contributed by atoms with Crippen molar-refractivity contribution in [2.45, 2.75) is 0 Å². The summed E-state index contributed by atoms with van der Waals surface area (Å²) in [5, 5.41) is 24.0. The third kappa shape index (κ3) is 3.89. The van der Waals surface area contributed by atoms with E-state index in [1.54, 1.807) is 12.1 Å². The number of nitrogens with one attached hydrogen (secondary N) is 1. The van der Waals surface area contributed by atoms with Crippen LogP contribution in [-0.2, 0) is 0 Å². The van der Waals surface area contributed by atoms with Gasteiger partial charge < -0.3 is 5.11 Å². The Bertz CT molecular complexity index is 762. The molecule has 0 aliphatic rings. The van der Waals surface area contributed by atoms with Crippen LogP contribution in [-0.4, -0.2) is 22.2 Å². The van der Waals surface area contributed by atoms with Gasteiger partial charge in [-0.05, 0) is 24.3 Å². The molecule has 0 fully saturated rings. The molecule has 0 aliphatic carbocycles. The van der Waals surface area contributed by atoms with Crippen LogP contribution < -0.4 is 5.43 Å². The Kier molecular flexibility index (Phi) is 4.84. The van der Waals surface area contributed by atoms with E-state index in [-0.39, 0.29) is 17.0 Å². The fourth-order valence-electron chi connectivity index (χ4n) is 1.61. The van der Waals surface area contributed by atoms with Crippen molar-refractivity contribution >= 4 is 33.7 Å². The van der Waals surface area contributed by atoms with Crippen LogP contribution in [0.15, 0.2) is 52.0 Å². The lowest BCUT2D eigenvalue weighted by atomic mass is 10.2. The molecule has 0 radical (unpaired) electrons. The SMILES string of the molecule is O=C(NN=Cc1cc(Br)ccc1O)c1cccc([N+](=O)[O-])c1. The lowest BCUT2D eigenvalue weighted by Gasteiger charge is -2.01. The Balaban J connectivity index is 2.09. The van der Waals surface area contributed by atoms with E-state index in [2.05, 4.69) is 26.5 Å². The molecule has 0 spiro atoms. The molecular weight excluding hydrogens is 354 g/mol. The van der Waals surface area contributed by atoms with Gasteiger partial charge in [-0.2, -0.15) is 5.10 Å². The van der Waals surface area contributed by atoms with E-state index in [0.29, 0.717) is 5.56 Å². The number of non-ortho nitro benzene ring substituents is 1. The average molecular weight is 364 g/mol. The van der Waals surface area contributed by atoms with Gasteiger partial charge in [-0.15, -0.1) is 0 Å². The summed E-state index contributed by atoms with van der Waals surface area (Å²) >= 11 is 3.25. The van der Waals surface area contributed by atoms with Crippen molar-refractivity contribution in [1.29, 1.82) is 0 Å². The van der Waals surface area contributed by atoms with Crippen LogP contribution in [0.4, 0.5) is 5.69 Å². The van der Waals surface area contributed by atoms with Crippen LogP contribution in [0.5, 0.6) is 5.75 Å². The second-order valence-corrected chi connectivity index (χ2v) is 5.13. The van der Waals surface area contributed by atoms with Gasteiger partial charge in [0, 0.05) is 27.7 Å². The molecule has 0 heterocycles. The minimum absolute atomic E-state index is 0.0107. The van der Waals surface area contributed by atoms with Gasteiger partial charge in [0.2, 0.25) is 0 Å². The van der Waals surface area contributed by atoms with Crippen LogP contribution in [0, 0.1) is 10.1 Å². The zero-order valence-electron chi connectivity index (χ0n) is 11.1. The third-order valence-electron chi connectivity index (χ3n) is 2.68. The molecule has 2 aromatic carbocycles. The smallest absolute Gasteiger partial charge is 0.271 e. The fourth-order valence-corrected chi connectivity index (χ4v) is 1.99. The molecule has 0 atom stereocenters. The fraction of sp³-hybridized carbons (Fsp3) is 0. The number of nitrogens with zero attached hydrogens (tertiary/aromatic N) is 2. The van der Waals surface area contributed by atoms with Crippen LogP contribution in [0.3, 0.4) is 0 Å². The minimum atomic E-state index is -0.588. The first-order valence-electron chi connectivity index (χ1n) is 6.04. The first kappa shape index (κ1) is 15.6. The number of hydrazone groups is 1. The van der Waals surface area contributed by atoms with Gasteiger partial charge in [-0.25, -0.2) is 5.43 Å². The van der Waals surface area contributed by atoms with E-state index >= 15 is 0 Å². The zero-order valence-corrected chi connectivity index (χ0v) is 12.6. The average Bonchev–Trinajstić information content (AvgIpc) is 2.50. The molecule has 0 saturated heterocycles. The number of phenols is 1. The number of hydrogen-bond donors (Lipinski definition) is 2. The summed E-state index contributed by atoms with van der Waals surface area (Å²) in [6.45, 7) is 0. The summed E-state index contributed by atoms with van der Waals surface area (Å²) in [4.78, 5) is 21.9. The van der Waals surface area contributed by atoms with Gasteiger partial charge in [0.05, 0.1) is 11.1 Å². The molecule has 0 bridgehead atoms. The second-order valence-electron chi connectivity index (χ2n) is 4.21. The molecule has 2 aromatic rings. The van der Waals surface area contributed by atoms with Gasteiger partial charge in [-0.3, -0.25) is 14.9 Å². The highest BCUT2D eigenvalue weighted by molar-refractivity contribution is 9.10. The number of aromatic hydroxyl groups is 1. The summed E-state index contributed by atoms with van der Waals surface area (Å²) in [7, 11) is 0. The number of amides is 1. The molecule has 2 N–H and O–H groups in total. The Morgan fingerprint density at radius 2 is 2.09 bits per heavy atom. The number of rotatable bonds is 4. The van der Waals surface area contributed by atoms with Gasteiger partial charge in [0.15, 0.2) is 0 Å². The number of halogens is 1. The van der Waals surface area contributed by atoms with Gasteiger partial charge in [0.1, 0.15) is 5.75 Å². The lowest BCUT2D eigenvalue weighted by Crippen LogP contribution is -2.17. The topological polar surface area (TPSA) is 105 Å². The maximum atomic E-state index is 11.8. The summed E-state index contributed by atoms with van der Waals surface area (Å²) in [5.41, 5.74) is 2.59. The van der Waals surface area contributed by atoms with E-state index in [0.717, 1.165) is 10.5 Å². The monoisotopic (exact) mass is 363 g/mol. The van der Waals surface area contributed by atoms with Crippen molar-refractivity contribution in [3.63, 3.8) is 0 Å². The van der Waals surface area contributed by atoms with E-state index in [1.165, 1.54) is 30.5 Å². The van der Waals surface area contributed by atoms with Crippen LogP contribution in [0.1, 0.15) is 15.9 Å². The molecular formula is C14H10BrN3O4. The number of nitro benzene ring substituents is 1. The molecule has 0 aromatic heterocycles. The first-order chi connectivity index (χ1) is 10.5. The minimum Gasteiger partial charge on any atom is -0.507 e. The highest BCUT2D eigenvalue weighted by Gasteiger charge is 2.10. The molecule has 0 aliphatic heterocycles. The van der Waals surface area contributed by atoms with E-state index < -0.39 is 10.8 Å². The van der Waals surface area contributed by atoms with Crippen molar-refractivity contribution in [3.05, 3.63) is 68.2 Å². The summed E-state index contributed by atoms with van der Waals surface area (Å²) in [6, 6.07) is 10.1. The number of nitro groups is 1. The van der Waals surface area contributed by atoms with Crippen molar-refractivity contribution < 1.29 is 14.8 Å². The molecule has 8 heteroatoms. The normalized spacial score (nSPS) is 10.6. The number of carbonyl (C=O) groups is 1. The standard InChI is InChI=1S/C14H10BrN3O4/c15-11-4-5-13(19)10(6-11)8-16-17-14(20)9-2-1-3-12(7-9)18(21)22/h1-8,19H,(H,17,20).